The van der Waals surface area contributed by atoms with Crippen LogP contribution in [-0.4, -0.2) is 52.0 Å². The summed E-state index contributed by atoms with van der Waals surface area (Å²) in [6.07, 6.45) is 1.30. The van der Waals surface area contributed by atoms with Gasteiger partial charge in [0.1, 0.15) is 9.90 Å². The summed E-state index contributed by atoms with van der Waals surface area (Å²) in [5, 5.41) is 3.59. The Kier molecular flexibility index (Phi) is 7.94. The lowest BCUT2D eigenvalue weighted by molar-refractivity contribution is 0.0705. The van der Waals surface area contributed by atoms with Gasteiger partial charge < -0.3 is 20.5 Å². The molecule has 122 valence electrons. The van der Waals surface area contributed by atoms with E-state index in [9.17, 15) is 8.42 Å². The summed E-state index contributed by atoms with van der Waals surface area (Å²) in [6, 6.07) is 0. The van der Waals surface area contributed by atoms with E-state index in [1.165, 1.54) is 0 Å². The van der Waals surface area contributed by atoms with E-state index in [2.05, 4.69) is 9.69 Å². The van der Waals surface area contributed by atoms with Crippen LogP contribution in [0.4, 0.5) is 10.8 Å². The van der Waals surface area contributed by atoms with E-state index in [0.29, 0.717) is 37.8 Å². The van der Waals surface area contributed by atoms with E-state index in [-0.39, 0.29) is 16.5 Å². The van der Waals surface area contributed by atoms with Crippen LogP contribution in [0, 0.1) is 0 Å². The van der Waals surface area contributed by atoms with Crippen molar-refractivity contribution in [2.24, 2.45) is 0 Å². The standard InChI is InChI=1S/C12H23N3O4S2/c1-3-9-21(16,17)10-11(13)15-20-12(10)14-5-4-6-19-8-7-18-2/h14H,3-9H2,1-2H3,(H2,13,15). The Bertz CT molecular complexity index is 517. The molecule has 1 heterocycles. The van der Waals surface area contributed by atoms with E-state index in [0.717, 1.165) is 18.0 Å². The van der Waals surface area contributed by atoms with Crippen molar-refractivity contribution in [2.45, 2.75) is 24.7 Å². The summed E-state index contributed by atoms with van der Waals surface area (Å²) in [5.41, 5.74) is 5.68. The summed E-state index contributed by atoms with van der Waals surface area (Å²) in [4.78, 5) is 0.134. The van der Waals surface area contributed by atoms with E-state index in [1.807, 2.05) is 6.92 Å². The minimum atomic E-state index is -3.37. The Balaban J connectivity index is 2.50. The smallest absolute Gasteiger partial charge is 0.185 e. The Morgan fingerprint density at radius 1 is 1.33 bits per heavy atom. The van der Waals surface area contributed by atoms with Gasteiger partial charge in [-0.3, -0.25) is 0 Å². The fraction of sp³-hybridized carbons (Fsp3) is 0.750. The fourth-order valence-corrected chi connectivity index (χ4v) is 4.34. The molecule has 9 heteroatoms. The van der Waals surface area contributed by atoms with Gasteiger partial charge in [0.15, 0.2) is 15.7 Å². The van der Waals surface area contributed by atoms with Crippen LogP contribution in [0.5, 0.6) is 0 Å². The molecule has 0 unspecified atom stereocenters. The van der Waals surface area contributed by atoms with Crippen LogP contribution in [0.25, 0.3) is 0 Å². The van der Waals surface area contributed by atoms with Gasteiger partial charge in [-0.2, -0.15) is 4.37 Å². The maximum atomic E-state index is 12.2. The van der Waals surface area contributed by atoms with Crippen molar-refractivity contribution in [3.05, 3.63) is 0 Å². The van der Waals surface area contributed by atoms with E-state index >= 15 is 0 Å². The van der Waals surface area contributed by atoms with Gasteiger partial charge >= 0.3 is 0 Å². The average Bonchev–Trinajstić information content (AvgIpc) is 2.79. The van der Waals surface area contributed by atoms with Gasteiger partial charge in [-0.05, 0) is 24.4 Å². The van der Waals surface area contributed by atoms with Crippen molar-refractivity contribution in [3.8, 4) is 0 Å². The lowest BCUT2D eigenvalue weighted by Crippen LogP contribution is -2.12. The molecule has 0 aliphatic heterocycles. The molecule has 0 saturated heterocycles. The molecule has 0 aromatic carbocycles. The second kappa shape index (κ2) is 9.19. The predicted octanol–water partition coefficient (Wildman–Crippen LogP) is 1.37. The van der Waals surface area contributed by atoms with Gasteiger partial charge in [-0.25, -0.2) is 8.42 Å². The zero-order valence-electron chi connectivity index (χ0n) is 12.4. The number of aromatic nitrogens is 1. The highest BCUT2D eigenvalue weighted by Gasteiger charge is 2.24. The zero-order valence-corrected chi connectivity index (χ0v) is 14.1. The van der Waals surface area contributed by atoms with Gasteiger partial charge in [0, 0.05) is 20.3 Å². The van der Waals surface area contributed by atoms with Crippen LogP contribution >= 0.6 is 11.5 Å². The Labute approximate surface area is 129 Å². The highest BCUT2D eigenvalue weighted by Crippen LogP contribution is 2.32. The number of ether oxygens (including phenoxy) is 2. The molecule has 0 aliphatic carbocycles. The zero-order chi connectivity index (χ0) is 15.7. The lowest BCUT2D eigenvalue weighted by atomic mass is 10.4. The molecule has 0 saturated carbocycles. The maximum Gasteiger partial charge on any atom is 0.185 e. The number of nitrogens with zero attached hydrogens (tertiary/aromatic N) is 1. The monoisotopic (exact) mass is 337 g/mol. The number of hydrogen-bond donors (Lipinski definition) is 2. The van der Waals surface area contributed by atoms with Crippen molar-refractivity contribution < 1.29 is 17.9 Å². The fourth-order valence-electron chi connectivity index (χ4n) is 1.70. The molecule has 0 amide bonds. The molecule has 0 bridgehead atoms. The van der Waals surface area contributed by atoms with Gasteiger partial charge in [-0.1, -0.05) is 6.92 Å². The molecular weight excluding hydrogens is 314 g/mol. The first kappa shape index (κ1) is 18.1. The number of anilines is 2. The third-order valence-electron chi connectivity index (χ3n) is 2.64. The van der Waals surface area contributed by atoms with Crippen LogP contribution in [0.15, 0.2) is 4.90 Å². The third-order valence-corrected chi connectivity index (χ3v) is 5.57. The summed E-state index contributed by atoms with van der Waals surface area (Å²) in [5.74, 6) is 0.150. The van der Waals surface area contributed by atoms with Crippen LogP contribution in [0.3, 0.4) is 0 Å². The molecule has 0 fully saturated rings. The summed E-state index contributed by atoms with van der Waals surface area (Å²) >= 11 is 1.07. The highest BCUT2D eigenvalue weighted by atomic mass is 32.2. The molecular formula is C12H23N3O4S2. The lowest BCUT2D eigenvalue weighted by Gasteiger charge is -2.08. The summed E-state index contributed by atoms with van der Waals surface area (Å²) < 4.78 is 38.4. The minimum absolute atomic E-state index is 0.0738. The van der Waals surface area contributed by atoms with E-state index in [4.69, 9.17) is 15.2 Å². The third kappa shape index (κ3) is 5.77. The number of nitrogens with two attached hydrogens (primary N) is 1. The minimum Gasteiger partial charge on any atom is -0.382 e. The Morgan fingerprint density at radius 2 is 2.10 bits per heavy atom. The van der Waals surface area contributed by atoms with Crippen molar-refractivity contribution in [1.82, 2.24) is 4.37 Å². The average molecular weight is 337 g/mol. The van der Waals surface area contributed by atoms with Crippen molar-refractivity contribution in [3.63, 3.8) is 0 Å². The highest BCUT2D eigenvalue weighted by molar-refractivity contribution is 7.91. The molecule has 1 aromatic heterocycles. The molecule has 1 rings (SSSR count). The van der Waals surface area contributed by atoms with Gasteiger partial charge in [0.05, 0.1) is 19.0 Å². The predicted molar refractivity (Wildman–Crippen MR) is 84.7 cm³/mol. The summed E-state index contributed by atoms with van der Waals surface area (Å²) in [7, 11) is -1.75. The van der Waals surface area contributed by atoms with Crippen LogP contribution in [0.1, 0.15) is 19.8 Å². The quantitative estimate of drug-likeness (QED) is 0.588. The number of sulfone groups is 1. The summed E-state index contributed by atoms with van der Waals surface area (Å²) in [6.45, 7) is 4.13. The molecule has 0 atom stereocenters. The maximum absolute atomic E-state index is 12.2. The van der Waals surface area contributed by atoms with Crippen LogP contribution in [-0.2, 0) is 19.3 Å². The van der Waals surface area contributed by atoms with Crippen molar-refractivity contribution >= 4 is 32.2 Å². The second-order valence-electron chi connectivity index (χ2n) is 4.43. The number of methoxy groups -OCH3 is 1. The number of nitrogens with one attached hydrogen (secondary N) is 1. The Hall–Kier alpha value is -0.900. The molecule has 0 spiro atoms. The molecule has 0 radical (unpaired) electrons. The van der Waals surface area contributed by atoms with E-state index in [1.54, 1.807) is 7.11 Å². The van der Waals surface area contributed by atoms with Crippen LogP contribution in [0.2, 0.25) is 0 Å². The van der Waals surface area contributed by atoms with E-state index < -0.39 is 9.84 Å². The molecule has 1 aromatic rings. The molecule has 21 heavy (non-hydrogen) atoms. The number of rotatable bonds is 11. The molecule has 7 nitrogen and oxygen atoms in total. The second-order valence-corrected chi connectivity index (χ2v) is 7.25. The first-order chi connectivity index (χ1) is 10.0. The Morgan fingerprint density at radius 3 is 2.76 bits per heavy atom. The van der Waals surface area contributed by atoms with Gasteiger partial charge in [0.2, 0.25) is 0 Å². The first-order valence-corrected chi connectivity index (χ1v) is 9.24. The normalized spacial score (nSPS) is 11.7. The number of hydrogen-bond acceptors (Lipinski definition) is 8. The van der Waals surface area contributed by atoms with Crippen molar-refractivity contribution in [1.29, 1.82) is 0 Å². The largest absolute Gasteiger partial charge is 0.382 e. The van der Waals surface area contributed by atoms with Crippen molar-refractivity contribution in [2.75, 3.05) is 50.3 Å². The van der Waals surface area contributed by atoms with Crippen LogP contribution < -0.4 is 11.1 Å². The molecule has 3 N–H and O–H groups in total. The SMILES string of the molecule is CCCS(=O)(=O)c1c(N)nsc1NCCCOCCOC. The topological polar surface area (TPSA) is 104 Å². The first-order valence-electron chi connectivity index (χ1n) is 6.81. The molecule has 0 aliphatic rings. The van der Waals surface area contributed by atoms with Gasteiger partial charge in [-0.15, -0.1) is 0 Å². The number of nitrogen functional groups attached to an aromatic ring is 1. The van der Waals surface area contributed by atoms with Gasteiger partial charge in [0.25, 0.3) is 0 Å².